The minimum atomic E-state index is -1.33. The molecule has 1 fully saturated rings. The van der Waals surface area contributed by atoms with Crippen LogP contribution in [-0.4, -0.2) is 83.7 Å². The molecule has 0 spiro atoms. The van der Waals surface area contributed by atoms with E-state index in [0.29, 0.717) is 32.4 Å². The number of carbonyl (C=O) groups excluding carboxylic acids is 4. The van der Waals surface area contributed by atoms with Gasteiger partial charge in [0.25, 0.3) is 0 Å². The first-order chi connectivity index (χ1) is 15.2. The number of nitrogens with two attached hydrogens (primary N) is 2. The van der Waals surface area contributed by atoms with Gasteiger partial charge in [-0.2, -0.15) is 0 Å². The van der Waals surface area contributed by atoms with Gasteiger partial charge in [0.2, 0.25) is 23.6 Å². The number of primary amides is 1. The predicted octanol–water partition coefficient (Wildman–Crippen LogP) is -3.34. The van der Waals surface area contributed by atoms with E-state index in [-0.39, 0.29) is 19.3 Å². The van der Waals surface area contributed by atoms with Crippen molar-refractivity contribution in [3.05, 3.63) is 0 Å². The highest BCUT2D eigenvalue weighted by molar-refractivity contribution is 5.94. The minimum Gasteiger partial charge on any atom is -0.480 e. The Bertz CT molecular complexity index is 669. The average Bonchev–Trinajstić information content (AvgIpc) is 3.28. The maximum Gasteiger partial charge on any atom is 0.326 e. The lowest BCUT2D eigenvalue weighted by molar-refractivity contribution is -0.142. The van der Waals surface area contributed by atoms with Crippen LogP contribution >= 0.6 is 0 Å². The molecule has 0 saturated carbocycles. The molecule has 0 aromatic carbocycles. The number of aliphatic hydroxyl groups is 1. The highest BCUT2D eigenvalue weighted by Crippen LogP contribution is 2.06. The van der Waals surface area contributed by atoms with E-state index in [1.54, 1.807) is 0 Å². The second-order valence-electron chi connectivity index (χ2n) is 7.64. The fraction of sp³-hybridized carbons (Fsp3) is 0.737. The number of carboxylic acid groups (broad SMARTS) is 1. The van der Waals surface area contributed by atoms with Gasteiger partial charge in [-0.3, -0.25) is 19.2 Å². The molecule has 1 saturated heterocycles. The molecule has 1 rings (SSSR count). The Hall–Kier alpha value is -2.77. The van der Waals surface area contributed by atoms with Crippen LogP contribution in [0.4, 0.5) is 0 Å². The molecule has 0 aromatic rings. The number of aliphatic hydroxyl groups excluding tert-OH is 1. The molecule has 4 atom stereocenters. The van der Waals surface area contributed by atoms with Crippen molar-refractivity contribution in [2.45, 2.75) is 69.1 Å². The summed E-state index contributed by atoms with van der Waals surface area (Å²) in [5.41, 5.74) is 10.5. The van der Waals surface area contributed by atoms with Gasteiger partial charge in [0.15, 0.2) is 0 Å². The first-order valence-corrected chi connectivity index (χ1v) is 10.7. The van der Waals surface area contributed by atoms with Crippen LogP contribution in [0.3, 0.4) is 0 Å². The van der Waals surface area contributed by atoms with Gasteiger partial charge >= 0.3 is 5.97 Å². The Morgan fingerprint density at radius 2 is 1.62 bits per heavy atom. The lowest BCUT2D eigenvalue weighted by atomic mass is 10.1. The number of carbonyl (C=O) groups is 5. The molecule has 0 radical (unpaired) electrons. The van der Waals surface area contributed by atoms with E-state index in [9.17, 15) is 34.2 Å². The summed E-state index contributed by atoms with van der Waals surface area (Å²) < 4.78 is 0. The zero-order valence-electron chi connectivity index (χ0n) is 18.0. The van der Waals surface area contributed by atoms with Gasteiger partial charge in [-0.25, -0.2) is 4.79 Å². The van der Waals surface area contributed by atoms with Crippen LogP contribution in [0.15, 0.2) is 0 Å². The van der Waals surface area contributed by atoms with Crippen molar-refractivity contribution in [2.24, 2.45) is 11.5 Å². The Balaban J connectivity index is 2.80. The molecule has 1 aliphatic heterocycles. The number of rotatable bonds is 15. The SMILES string of the molecule is NCCCCC(NC(=O)C(CCC(N)=O)NC(=O)C(CO)NC(=O)C1CCCN1)C(=O)O. The smallest absolute Gasteiger partial charge is 0.326 e. The van der Waals surface area contributed by atoms with E-state index < -0.39 is 60.4 Å². The number of carboxylic acids is 1. The number of hydrogen-bond donors (Lipinski definition) is 8. The Morgan fingerprint density at radius 3 is 2.16 bits per heavy atom. The van der Waals surface area contributed by atoms with E-state index in [1.165, 1.54) is 0 Å². The second kappa shape index (κ2) is 14.3. The number of unbranched alkanes of at least 4 members (excludes halogenated alkanes) is 1. The molecule has 0 bridgehead atoms. The molecule has 1 heterocycles. The highest BCUT2D eigenvalue weighted by atomic mass is 16.4. The average molecular weight is 459 g/mol. The van der Waals surface area contributed by atoms with Crippen molar-refractivity contribution in [3.8, 4) is 0 Å². The van der Waals surface area contributed by atoms with E-state index in [0.717, 1.165) is 6.42 Å². The fourth-order valence-electron chi connectivity index (χ4n) is 3.22. The standard InChI is InChI=1S/C19H34N6O7/c20-8-2-1-4-13(19(31)32)24-17(29)12(6-7-15(21)27)23-18(30)14(10-26)25-16(28)11-5-3-9-22-11/h11-14,22,26H,1-10,20H2,(H2,21,27)(H,23,30)(H,24,29)(H,25,28)(H,31,32). The molecule has 32 heavy (non-hydrogen) atoms. The van der Waals surface area contributed by atoms with Crippen molar-refractivity contribution in [1.29, 1.82) is 0 Å². The summed E-state index contributed by atoms with van der Waals surface area (Å²) in [6.45, 7) is 0.326. The molecular formula is C19H34N6O7. The van der Waals surface area contributed by atoms with E-state index in [1.807, 2.05) is 0 Å². The molecule has 13 heteroatoms. The van der Waals surface area contributed by atoms with Gasteiger partial charge in [-0.15, -0.1) is 0 Å². The lowest BCUT2D eigenvalue weighted by Crippen LogP contribution is -2.58. The maximum absolute atomic E-state index is 12.7. The van der Waals surface area contributed by atoms with Crippen molar-refractivity contribution in [2.75, 3.05) is 19.7 Å². The summed E-state index contributed by atoms with van der Waals surface area (Å²) in [4.78, 5) is 60.1. The normalized spacial score (nSPS) is 18.2. The summed E-state index contributed by atoms with van der Waals surface area (Å²) in [7, 11) is 0. The van der Waals surface area contributed by atoms with Crippen LogP contribution in [0.1, 0.15) is 44.9 Å². The number of nitrogens with one attached hydrogen (secondary N) is 4. The molecule has 0 aromatic heterocycles. The molecule has 1 aliphatic rings. The fourth-order valence-corrected chi connectivity index (χ4v) is 3.22. The Kier molecular flexibility index (Phi) is 12.2. The number of hydrogen-bond acceptors (Lipinski definition) is 8. The summed E-state index contributed by atoms with van der Waals surface area (Å²) in [6.07, 6.45) is 2.16. The minimum absolute atomic E-state index is 0.137. The van der Waals surface area contributed by atoms with Crippen molar-refractivity contribution < 1.29 is 34.2 Å². The highest BCUT2D eigenvalue weighted by Gasteiger charge is 2.31. The zero-order valence-corrected chi connectivity index (χ0v) is 18.0. The van der Waals surface area contributed by atoms with Crippen molar-refractivity contribution in [1.82, 2.24) is 21.3 Å². The van der Waals surface area contributed by atoms with Crippen molar-refractivity contribution >= 4 is 29.6 Å². The lowest BCUT2D eigenvalue weighted by Gasteiger charge is -2.24. The van der Waals surface area contributed by atoms with Crippen LogP contribution in [-0.2, 0) is 24.0 Å². The molecule has 13 nitrogen and oxygen atoms in total. The van der Waals surface area contributed by atoms with Crippen LogP contribution in [0, 0.1) is 0 Å². The largest absolute Gasteiger partial charge is 0.480 e. The first-order valence-electron chi connectivity index (χ1n) is 10.7. The van der Waals surface area contributed by atoms with Gasteiger partial charge in [0, 0.05) is 6.42 Å². The second-order valence-corrected chi connectivity index (χ2v) is 7.64. The summed E-state index contributed by atoms with van der Waals surface area (Å²) in [5.74, 6) is -4.09. The number of aliphatic carboxylic acids is 1. The Labute approximate surface area is 186 Å². The first kappa shape index (κ1) is 27.3. The van der Waals surface area contributed by atoms with Gasteiger partial charge in [-0.05, 0) is 51.6 Å². The van der Waals surface area contributed by atoms with Crippen molar-refractivity contribution in [3.63, 3.8) is 0 Å². The molecule has 0 aliphatic carbocycles. The summed E-state index contributed by atoms with van der Waals surface area (Å²) >= 11 is 0. The third-order valence-electron chi connectivity index (χ3n) is 5.07. The van der Waals surface area contributed by atoms with E-state index >= 15 is 0 Å². The predicted molar refractivity (Wildman–Crippen MR) is 113 cm³/mol. The Morgan fingerprint density at radius 1 is 0.969 bits per heavy atom. The molecule has 182 valence electrons. The van der Waals surface area contributed by atoms with E-state index in [2.05, 4.69) is 21.3 Å². The quantitative estimate of drug-likeness (QED) is 0.115. The van der Waals surface area contributed by atoms with Crippen LogP contribution in [0.2, 0.25) is 0 Å². The van der Waals surface area contributed by atoms with Crippen LogP contribution in [0.25, 0.3) is 0 Å². The van der Waals surface area contributed by atoms with Crippen LogP contribution in [0.5, 0.6) is 0 Å². The third-order valence-corrected chi connectivity index (χ3v) is 5.07. The third kappa shape index (κ3) is 9.58. The van der Waals surface area contributed by atoms with Crippen LogP contribution < -0.4 is 32.7 Å². The molecule has 10 N–H and O–H groups in total. The van der Waals surface area contributed by atoms with Gasteiger partial charge in [0.05, 0.1) is 12.6 Å². The number of amides is 4. The molecule has 4 unspecified atom stereocenters. The van der Waals surface area contributed by atoms with Gasteiger partial charge in [-0.1, -0.05) is 0 Å². The van der Waals surface area contributed by atoms with E-state index in [4.69, 9.17) is 11.5 Å². The van der Waals surface area contributed by atoms with Gasteiger partial charge < -0.3 is 42.9 Å². The summed E-state index contributed by atoms with van der Waals surface area (Å²) in [6, 6.07) is -4.30. The maximum atomic E-state index is 12.7. The molecule has 4 amide bonds. The summed E-state index contributed by atoms with van der Waals surface area (Å²) in [5, 5.41) is 29.0. The monoisotopic (exact) mass is 458 g/mol. The molecular weight excluding hydrogens is 424 g/mol. The van der Waals surface area contributed by atoms with Gasteiger partial charge in [0.1, 0.15) is 18.1 Å². The zero-order chi connectivity index (χ0) is 24.1. The topological polar surface area (TPSA) is 226 Å².